The van der Waals surface area contributed by atoms with E-state index in [-0.39, 0.29) is 5.97 Å². The number of rotatable bonds is 4. The van der Waals surface area contributed by atoms with Crippen LogP contribution in [-0.2, 0) is 4.74 Å². The molecule has 0 spiro atoms. The van der Waals surface area contributed by atoms with Gasteiger partial charge >= 0.3 is 5.97 Å². The SMILES string of the molecule is CCCCOC(=O)c1cc(S)ccc1Br. The second-order valence-corrected chi connectivity index (χ2v) is 4.52. The van der Waals surface area contributed by atoms with Gasteiger partial charge in [-0.25, -0.2) is 4.79 Å². The van der Waals surface area contributed by atoms with E-state index in [2.05, 4.69) is 35.5 Å². The molecule has 0 N–H and O–H groups in total. The maximum Gasteiger partial charge on any atom is 0.339 e. The van der Waals surface area contributed by atoms with Gasteiger partial charge in [-0.2, -0.15) is 0 Å². The first kappa shape index (κ1) is 12.6. The number of benzene rings is 1. The molecule has 0 amide bonds. The van der Waals surface area contributed by atoms with Crippen molar-refractivity contribution in [2.45, 2.75) is 24.7 Å². The Hall–Kier alpha value is -0.480. The highest BCUT2D eigenvalue weighted by atomic mass is 79.9. The van der Waals surface area contributed by atoms with E-state index in [4.69, 9.17) is 4.74 Å². The quantitative estimate of drug-likeness (QED) is 0.520. The van der Waals surface area contributed by atoms with Crippen LogP contribution >= 0.6 is 28.6 Å². The Morgan fingerprint density at radius 1 is 1.53 bits per heavy atom. The fraction of sp³-hybridized carbons (Fsp3) is 0.364. The summed E-state index contributed by atoms with van der Waals surface area (Å²) in [6, 6.07) is 5.30. The Bertz CT molecular complexity index is 352. The summed E-state index contributed by atoms with van der Waals surface area (Å²) in [4.78, 5) is 12.4. The summed E-state index contributed by atoms with van der Waals surface area (Å²) >= 11 is 7.48. The number of esters is 1. The van der Waals surface area contributed by atoms with Gasteiger partial charge in [-0.05, 0) is 40.5 Å². The summed E-state index contributed by atoms with van der Waals surface area (Å²) < 4.78 is 5.84. The van der Waals surface area contributed by atoms with E-state index in [1.807, 2.05) is 6.07 Å². The number of carbonyl (C=O) groups excluding carboxylic acids is 1. The zero-order valence-electron chi connectivity index (χ0n) is 8.50. The molecule has 1 aromatic rings. The molecule has 0 aliphatic rings. The van der Waals surface area contributed by atoms with Crippen molar-refractivity contribution in [2.75, 3.05) is 6.61 Å². The van der Waals surface area contributed by atoms with E-state index >= 15 is 0 Å². The molecule has 1 rings (SSSR count). The van der Waals surface area contributed by atoms with Crippen molar-refractivity contribution in [3.63, 3.8) is 0 Å². The molecule has 82 valence electrons. The first-order valence-electron chi connectivity index (χ1n) is 4.80. The second kappa shape index (κ2) is 6.18. The molecule has 0 aliphatic carbocycles. The van der Waals surface area contributed by atoms with Crippen LogP contribution in [0.5, 0.6) is 0 Å². The molecule has 0 radical (unpaired) electrons. The standard InChI is InChI=1S/C11H13BrO2S/c1-2-3-6-14-11(13)9-7-8(15)4-5-10(9)12/h4-5,7,15H,2-3,6H2,1H3. The number of unbranched alkanes of at least 4 members (excludes halogenated alkanes) is 1. The lowest BCUT2D eigenvalue weighted by molar-refractivity contribution is 0.0498. The Balaban J connectivity index is 2.68. The van der Waals surface area contributed by atoms with Gasteiger partial charge in [-0.1, -0.05) is 13.3 Å². The van der Waals surface area contributed by atoms with Gasteiger partial charge in [0.15, 0.2) is 0 Å². The fourth-order valence-electron chi connectivity index (χ4n) is 1.06. The van der Waals surface area contributed by atoms with Crippen LogP contribution in [0.25, 0.3) is 0 Å². The Kier molecular flexibility index (Phi) is 5.19. The minimum atomic E-state index is -0.300. The molecule has 2 nitrogen and oxygen atoms in total. The number of carbonyl (C=O) groups is 1. The lowest BCUT2D eigenvalue weighted by atomic mass is 10.2. The Morgan fingerprint density at radius 3 is 2.93 bits per heavy atom. The zero-order valence-corrected chi connectivity index (χ0v) is 11.0. The van der Waals surface area contributed by atoms with Crippen molar-refractivity contribution in [1.82, 2.24) is 0 Å². The van der Waals surface area contributed by atoms with E-state index in [0.29, 0.717) is 12.2 Å². The lowest BCUT2D eigenvalue weighted by Crippen LogP contribution is -2.07. The summed E-state index contributed by atoms with van der Waals surface area (Å²) in [6.07, 6.45) is 1.91. The number of hydrogen-bond acceptors (Lipinski definition) is 3. The van der Waals surface area contributed by atoms with Crippen LogP contribution in [0, 0.1) is 0 Å². The molecular weight excluding hydrogens is 276 g/mol. The van der Waals surface area contributed by atoms with E-state index in [0.717, 1.165) is 22.2 Å². The van der Waals surface area contributed by atoms with Crippen molar-refractivity contribution in [3.05, 3.63) is 28.2 Å². The summed E-state index contributed by atoms with van der Waals surface area (Å²) in [5.74, 6) is -0.300. The van der Waals surface area contributed by atoms with Gasteiger partial charge in [0.25, 0.3) is 0 Å². The van der Waals surface area contributed by atoms with Gasteiger partial charge in [-0.3, -0.25) is 0 Å². The van der Waals surface area contributed by atoms with E-state index in [9.17, 15) is 4.79 Å². The first-order chi connectivity index (χ1) is 7.15. The van der Waals surface area contributed by atoms with Crippen LogP contribution in [0.1, 0.15) is 30.1 Å². The summed E-state index contributed by atoms with van der Waals surface area (Å²) in [6.45, 7) is 2.52. The summed E-state index contributed by atoms with van der Waals surface area (Å²) in [7, 11) is 0. The van der Waals surface area contributed by atoms with Gasteiger partial charge in [0.1, 0.15) is 0 Å². The number of hydrogen-bond donors (Lipinski definition) is 1. The third kappa shape index (κ3) is 3.87. The number of halogens is 1. The van der Waals surface area contributed by atoms with E-state index in [1.165, 1.54) is 0 Å². The molecule has 0 aliphatic heterocycles. The van der Waals surface area contributed by atoms with Gasteiger partial charge in [-0.15, -0.1) is 12.6 Å². The van der Waals surface area contributed by atoms with Crippen molar-refractivity contribution in [2.24, 2.45) is 0 Å². The van der Waals surface area contributed by atoms with Crippen LogP contribution in [0.3, 0.4) is 0 Å². The minimum Gasteiger partial charge on any atom is -0.462 e. The topological polar surface area (TPSA) is 26.3 Å². The third-order valence-electron chi connectivity index (χ3n) is 1.90. The monoisotopic (exact) mass is 288 g/mol. The van der Waals surface area contributed by atoms with Crippen molar-refractivity contribution in [3.8, 4) is 0 Å². The summed E-state index contributed by atoms with van der Waals surface area (Å²) in [5.41, 5.74) is 0.526. The highest BCUT2D eigenvalue weighted by Gasteiger charge is 2.11. The second-order valence-electron chi connectivity index (χ2n) is 3.15. The van der Waals surface area contributed by atoms with Crippen molar-refractivity contribution < 1.29 is 9.53 Å². The molecule has 4 heteroatoms. The van der Waals surface area contributed by atoms with Gasteiger partial charge < -0.3 is 4.74 Å². The molecule has 1 aromatic carbocycles. The predicted octanol–water partition coefficient (Wildman–Crippen LogP) is 3.69. The van der Waals surface area contributed by atoms with E-state index in [1.54, 1.807) is 12.1 Å². The van der Waals surface area contributed by atoms with E-state index < -0.39 is 0 Å². The van der Waals surface area contributed by atoms with Crippen molar-refractivity contribution >= 4 is 34.5 Å². The largest absolute Gasteiger partial charge is 0.462 e. The molecule has 0 saturated carbocycles. The number of thiol groups is 1. The molecule has 0 fully saturated rings. The third-order valence-corrected chi connectivity index (χ3v) is 2.87. The lowest BCUT2D eigenvalue weighted by Gasteiger charge is -2.06. The molecule has 0 aromatic heterocycles. The molecule has 0 unspecified atom stereocenters. The molecule has 0 bridgehead atoms. The molecule has 0 saturated heterocycles. The highest BCUT2D eigenvalue weighted by molar-refractivity contribution is 9.10. The zero-order chi connectivity index (χ0) is 11.3. The average molecular weight is 289 g/mol. The maximum absolute atomic E-state index is 11.6. The smallest absolute Gasteiger partial charge is 0.339 e. The fourth-order valence-corrected chi connectivity index (χ4v) is 1.67. The highest BCUT2D eigenvalue weighted by Crippen LogP contribution is 2.21. The molecular formula is C11H13BrO2S. The van der Waals surface area contributed by atoms with Crippen molar-refractivity contribution in [1.29, 1.82) is 0 Å². The Labute approximate surface area is 104 Å². The predicted molar refractivity (Wildman–Crippen MR) is 66.6 cm³/mol. The average Bonchev–Trinajstić information content (AvgIpc) is 2.22. The van der Waals surface area contributed by atoms with Gasteiger partial charge in [0, 0.05) is 9.37 Å². The molecule has 15 heavy (non-hydrogen) atoms. The van der Waals surface area contributed by atoms with Crippen LogP contribution in [-0.4, -0.2) is 12.6 Å². The first-order valence-corrected chi connectivity index (χ1v) is 6.04. The summed E-state index contributed by atoms with van der Waals surface area (Å²) in [5, 5.41) is 0. The normalized spacial score (nSPS) is 10.1. The number of ether oxygens (including phenoxy) is 1. The minimum absolute atomic E-state index is 0.300. The van der Waals surface area contributed by atoms with Crippen LogP contribution < -0.4 is 0 Å². The molecule has 0 heterocycles. The molecule has 0 atom stereocenters. The maximum atomic E-state index is 11.6. The Morgan fingerprint density at radius 2 is 2.27 bits per heavy atom. The van der Waals surface area contributed by atoms with Crippen LogP contribution in [0.4, 0.5) is 0 Å². The van der Waals surface area contributed by atoms with Crippen LogP contribution in [0.2, 0.25) is 0 Å². The van der Waals surface area contributed by atoms with Crippen LogP contribution in [0.15, 0.2) is 27.6 Å². The van der Waals surface area contributed by atoms with Gasteiger partial charge in [0.2, 0.25) is 0 Å². The van der Waals surface area contributed by atoms with Gasteiger partial charge in [0.05, 0.1) is 12.2 Å².